The fourth-order valence-corrected chi connectivity index (χ4v) is 2.60. The molecule has 2 fully saturated rings. The number of hydrogen-bond acceptors (Lipinski definition) is 2. The number of hydrogen-bond donors (Lipinski definition) is 1. The summed E-state index contributed by atoms with van der Waals surface area (Å²) in [4.78, 5) is 14.2. The normalized spacial score (nSPS) is 33.9. The second-order valence-electron chi connectivity index (χ2n) is 5.29. The van der Waals surface area contributed by atoms with Crippen LogP contribution in [-0.4, -0.2) is 29.4 Å². The fraction of sp³-hybridized carbons (Fsp3) is 0.917. The average Bonchev–Trinajstić information content (AvgIpc) is 2.99. The van der Waals surface area contributed by atoms with Crippen LogP contribution in [0.3, 0.4) is 0 Å². The van der Waals surface area contributed by atoms with Gasteiger partial charge in [0.25, 0.3) is 0 Å². The van der Waals surface area contributed by atoms with Crippen molar-refractivity contribution in [1.82, 2.24) is 4.90 Å². The highest BCUT2D eigenvalue weighted by atomic mass is 16.2. The van der Waals surface area contributed by atoms with E-state index in [0.717, 1.165) is 19.4 Å². The van der Waals surface area contributed by atoms with Gasteiger partial charge < -0.3 is 10.6 Å². The molecular weight excluding hydrogens is 188 g/mol. The SMILES string of the molecule is CC(C(=O)N1CCC(N)CC1C)C1CC1. The third kappa shape index (κ3) is 2.33. The Kier molecular flexibility index (Phi) is 3.01. The Labute approximate surface area is 92.0 Å². The van der Waals surface area contributed by atoms with E-state index in [9.17, 15) is 4.79 Å². The summed E-state index contributed by atoms with van der Waals surface area (Å²) >= 11 is 0. The van der Waals surface area contributed by atoms with Crippen LogP contribution >= 0.6 is 0 Å². The first-order valence-electron chi connectivity index (χ1n) is 6.15. The minimum Gasteiger partial charge on any atom is -0.340 e. The Morgan fingerprint density at radius 3 is 2.60 bits per heavy atom. The van der Waals surface area contributed by atoms with Crippen molar-refractivity contribution in [2.45, 2.75) is 51.6 Å². The van der Waals surface area contributed by atoms with E-state index in [-0.39, 0.29) is 5.92 Å². The van der Waals surface area contributed by atoms with E-state index in [1.54, 1.807) is 0 Å². The molecule has 1 aliphatic carbocycles. The molecule has 1 saturated heterocycles. The highest BCUT2D eigenvalue weighted by Gasteiger charge is 2.37. The zero-order valence-electron chi connectivity index (χ0n) is 9.78. The first-order chi connectivity index (χ1) is 7.09. The quantitative estimate of drug-likeness (QED) is 0.748. The van der Waals surface area contributed by atoms with E-state index in [0.29, 0.717) is 23.9 Å². The molecule has 0 aromatic heterocycles. The van der Waals surface area contributed by atoms with Gasteiger partial charge in [-0.3, -0.25) is 4.79 Å². The molecule has 3 atom stereocenters. The summed E-state index contributed by atoms with van der Waals surface area (Å²) in [6.07, 6.45) is 4.42. The second-order valence-corrected chi connectivity index (χ2v) is 5.29. The van der Waals surface area contributed by atoms with Gasteiger partial charge in [-0.25, -0.2) is 0 Å². The van der Waals surface area contributed by atoms with Crippen molar-refractivity contribution in [3.05, 3.63) is 0 Å². The Hall–Kier alpha value is -0.570. The molecule has 3 unspecified atom stereocenters. The van der Waals surface area contributed by atoms with Crippen molar-refractivity contribution in [1.29, 1.82) is 0 Å². The molecule has 86 valence electrons. The Balaban J connectivity index is 1.94. The summed E-state index contributed by atoms with van der Waals surface area (Å²) in [5, 5.41) is 0. The van der Waals surface area contributed by atoms with Crippen molar-refractivity contribution < 1.29 is 4.79 Å². The van der Waals surface area contributed by atoms with Gasteiger partial charge in [0, 0.05) is 24.5 Å². The van der Waals surface area contributed by atoms with Crippen molar-refractivity contribution in [3.63, 3.8) is 0 Å². The molecule has 0 aromatic rings. The van der Waals surface area contributed by atoms with Gasteiger partial charge in [-0.2, -0.15) is 0 Å². The third-order valence-electron chi connectivity index (χ3n) is 3.92. The van der Waals surface area contributed by atoms with E-state index < -0.39 is 0 Å². The molecule has 3 heteroatoms. The third-order valence-corrected chi connectivity index (χ3v) is 3.92. The highest BCUT2D eigenvalue weighted by molar-refractivity contribution is 5.79. The van der Waals surface area contributed by atoms with Gasteiger partial charge in [0.1, 0.15) is 0 Å². The molecule has 1 heterocycles. The summed E-state index contributed by atoms with van der Waals surface area (Å²) in [5.41, 5.74) is 5.90. The molecule has 1 saturated carbocycles. The van der Waals surface area contributed by atoms with Gasteiger partial charge in [0.2, 0.25) is 5.91 Å². The van der Waals surface area contributed by atoms with Gasteiger partial charge >= 0.3 is 0 Å². The number of rotatable bonds is 2. The van der Waals surface area contributed by atoms with Crippen LogP contribution in [0.15, 0.2) is 0 Å². The number of carbonyl (C=O) groups is 1. The lowest BCUT2D eigenvalue weighted by atomic mass is 9.96. The first-order valence-corrected chi connectivity index (χ1v) is 6.15. The molecule has 0 bridgehead atoms. The Morgan fingerprint density at radius 1 is 1.40 bits per heavy atom. The molecule has 1 aliphatic heterocycles. The Bertz CT molecular complexity index is 250. The highest BCUT2D eigenvalue weighted by Crippen LogP contribution is 2.38. The van der Waals surface area contributed by atoms with Gasteiger partial charge in [-0.1, -0.05) is 6.92 Å². The van der Waals surface area contributed by atoms with Crippen LogP contribution in [-0.2, 0) is 4.79 Å². The molecule has 2 N–H and O–H groups in total. The van der Waals surface area contributed by atoms with Crippen LogP contribution in [0.2, 0.25) is 0 Å². The summed E-state index contributed by atoms with van der Waals surface area (Å²) in [7, 11) is 0. The fourth-order valence-electron chi connectivity index (χ4n) is 2.60. The summed E-state index contributed by atoms with van der Waals surface area (Å²) < 4.78 is 0. The molecule has 3 nitrogen and oxygen atoms in total. The second kappa shape index (κ2) is 4.12. The number of piperidine rings is 1. The minimum absolute atomic E-state index is 0.238. The monoisotopic (exact) mass is 210 g/mol. The number of nitrogens with two attached hydrogens (primary N) is 1. The number of amides is 1. The summed E-state index contributed by atoms with van der Waals surface area (Å²) in [6.45, 7) is 5.07. The number of likely N-dealkylation sites (tertiary alicyclic amines) is 1. The standard InChI is InChI=1S/C12H22N2O/c1-8-7-11(13)5-6-14(8)12(15)9(2)10-3-4-10/h8-11H,3-7,13H2,1-2H3. The topological polar surface area (TPSA) is 46.3 Å². The van der Waals surface area contributed by atoms with Crippen molar-refractivity contribution in [2.24, 2.45) is 17.6 Å². The maximum absolute atomic E-state index is 12.2. The minimum atomic E-state index is 0.238. The smallest absolute Gasteiger partial charge is 0.225 e. The predicted molar refractivity (Wildman–Crippen MR) is 60.3 cm³/mol. The molecule has 2 rings (SSSR count). The van der Waals surface area contributed by atoms with E-state index in [1.165, 1.54) is 12.8 Å². The maximum Gasteiger partial charge on any atom is 0.225 e. The van der Waals surface area contributed by atoms with Gasteiger partial charge in [-0.05, 0) is 38.5 Å². The zero-order valence-corrected chi connectivity index (χ0v) is 9.78. The molecule has 2 aliphatic rings. The van der Waals surface area contributed by atoms with E-state index in [1.807, 2.05) is 4.90 Å². The maximum atomic E-state index is 12.2. The first kappa shape index (κ1) is 10.9. The summed E-state index contributed by atoms with van der Waals surface area (Å²) in [5.74, 6) is 1.26. The van der Waals surface area contributed by atoms with Crippen LogP contribution in [0.1, 0.15) is 39.5 Å². The zero-order chi connectivity index (χ0) is 11.0. The van der Waals surface area contributed by atoms with Crippen molar-refractivity contribution in [2.75, 3.05) is 6.54 Å². The van der Waals surface area contributed by atoms with E-state index >= 15 is 0 Å². The largest absolute Gasteiger partial charge is 0.340 e. The molecule has 0 aromatic carbocycles. The molecular formula is C12H22N2O. The molecule has 1 amide bonds. The number of nitrogens with zero attached hydrogens (tertiary/aromatic N) is 1. The lowest BCUT2D eigenvalue weighted by Crippen LogP contribution is -2.50. The van der Waals surface area contributed by atoms with Crippen LogP contribution in [0, 0.1) is 11.8 Å². The molecule has 0 spiro atoms. The molecule has 0 radical (unpaired) electrons. The lowest BCUT2D eigenvalue weighted by molar-refractivity contribution is -0.139. The lowest BCUT2D eigenvalue weighted by Gasteiger charge is -2.38. The summed E-state index contributed by atoms with van der Waals surface area (Å²) in [6, 6.07) is 0.628. The predicted octanol–water partition coefficient (Wildman–Crippen LogP) is 1.37. The van der Waals surface area contributed by atoms with Gasteiger partial charge in [0.05, 0.1) is 0 Å². The van der Waals surface area contributed by atoms with E-state index in [4.69, 9.17) is 5.73 Å². The Morgan fingerprint density at radius 2 is 2.07 bits per heavy atom. The van der Waals surface area contributed by atoms with Crippen LogP contribution in [0.4, 0.5) is 0 Å². The van der Waals surface area contributed by atoms with Gasteiger partial charge in [-0.15, -0.1) is 0 Å². The van der Waals surface area contributed by atoms with Crippen LogP contribution in [0.5, 0.6) is 0 Å². The van der Waals surface area contributed by atoms with Crippen molar-refractivity contribution >= 4 is 5.91 Å². The van der Waals surface area contributed by atoms with E-state index in [2.05, 4.69) is 13.8 Å². The van der Waals surface area contributed by atoms with Crippen LogP contribution < -0.4 is 5.73 Å². The average molecular weight is 210 g/mol. The molecule has 15 heavy (non-hydrogen) atoms. The van der Waals surface area contributed by atoms with Crippen LogP contribution in [0.25, 0.3) is 0 Å². The number of carbonyl (C=O) groups excluding carboxylic acids is 1. The van der Waals surface area contributed by atoms with Crippen molar-refractivity contribution in [3.8, 4) is 0 Å². The van der Waals surface area contributed by atoms with Gasteiger partial charge in [0.15, 0.2) is 0 Å².